The molecule has 110 valence electrons. The van der Waals surface area contributed by atoms with E-state index in [4.69, 9.17) is 4.74 Å². The number of ether oxygens (including phenoxy) is 1. The van der Waals surface area contributed by atoms with Crippen LogP contribution in [-0.4, -0.2) is 36.2 Å². The minimum atomic E-state index is -0.187. The van der Waals surface area contributed by atoms with Gasteiger partial charge in [-0.05, 0) is 38.3 Å². The zero-order chi connectivity index (χ0) is 14.4. The molecule has 1 amide bonds. The number of carbonyl (C=O) groups excluding carboxylic acids is 1. The zero-order valence-electron chi connectivity index (χ0n) is 12.2. The molecule has 2 rings (SSSR count). The molecule has 1 aromatic heterocycles. The zero-order valence-corrected chi connectivity index (χ0v) is 12.2. The summed E-state index contributed by atoms with van der Waals surface area (Å²) in [5.74, 6) is 0.587. The SMILES string of the molecule is CCCNc1ncccc1C(=O)NC1(C)CCOCC1. The molecule has 0 aromatic carbocycles. The third kappa shape index (κ3) is 3.70. The number of anilines is 1. The van der Waals surface area contributed by atoms with Gasteiger partial charge >= 0.3 is 0 Å². The van der Waals surface area contributed by atoms with Crippen molar-refractivity contribution in [3.05, 3.63) is 23.9 Å². The van der Waals surface area contributed by atoms with E-state index in [-0.39, 0.29) is 11.4 Å². The maximum absolute atomic E-state index is 12.5. The second kappa shape index (κ2) is 6.70. The van der Waals surface area contributed by atoms with E-state index in [0.29, 0.717) is 24.6 Å². The van der Waals surface area contributed by atoms with Crippen molar-refractivity contribution in [2.45, 2.75) is 38.6 Å². The lowest BCUT2D eigenvalue weighted by Crippen LogP contribution is -2.49. The van der Waals surface area contributed by atoms with Crippen molar-refractivity contribution in [3.8, 4) is 0 Å². The Bertz CT molecular complexity index is 456. The highest BCUT2D eigenvalue weighted by Crippen LogP contribution is 2.21. The topological polar surface area (TPSA) is 63.2 Å². The van der Waals surface area contributed by atoms with Crippen LogP contribution in [0.1, 0.15) is 43.5 Å². The van der Waals surface area contributed by atoms with Crippen LogP contribution in [0.3, 0.4) is 0 Å². The van der Waals surface area contributed by atoms with Gasteiger partial charge in [0.2, 0.25) is 0 Å². The van der Waals surface area contributed by atoms with Crippen molar-refractivity contribution in [2.24, 2.45) is 0 Å². The third-order valence-corrected chi connectivity index (χ3v) is 3.61. The maximum Gasteiger partial charge on any atom is 0.255 e. The van der Waals surface area contributed by atoms with Crippen LogP contribution in [0.25, 0.3) is 0 Å². The molecule has 1 fully saturated rings. The number of pyridine rings is 1. The van der Waals surface area contributed by atoms with Crippen LogP contribution in [0.5, 0.6) is 0 Å². The first-order chi connectivity index (χ1) is 9.64. The van der Waals surface area contributed by atoms with E-state index >= 15 is 0 Å². The summed E-state index contributed by atoms with van der Waals surface area (Å²) in [5.41, 5.74) is 0.418. The summed E-state index contributed by atoms with van der Waals surface area (Å²) >= 11 is 0. The fraction of sp³-hybridized carbons (Fsp3) is 0.600. The molecule has 20 heavy (non-hydrogen) atoms. The van der Waals surface area contributed by atoms with Crippen LogP contribution in [0, 0.1) is 0 Å². The summed E-state index contributed by atoms with van der Waals surface area (Å²) in [6.45, 7) is 6.36. The number of amides is 1. The highest BCUT2D eigenvalue weighted by atomic mass is 16.5. The number of rotatable bonds is 5. The monoisotopic (exact) mass is 277 g/mol. The highest BCUT2D eigenvalue weighted by molar-refractivity contribution is 5.99. The van der Waals surface area contributed by atoms with E-state index in [0.717, 1.165) is 25.8 Å². The van der Waals surface area contributed by atoms with Gasteiger partial charge in [-0.15, -0.1) is 0 Å². The van der Waals surface area contributed by atoms with Crippen LogP contribution in [0.2, 0.25) is 0 Å². The average Bonchev–Trinajstić information content (AvgIpc) is 2.45. The second-order valence-electron chi connectivity index (χ2n) is 5.45. The largest absolute Gasteiger partial charge is 0.381 e. The minimum absolute atomic E-state index is 0.0684. The molecule has 0 unspecified atom stereocenters. The number of hydrogen-bond donors (Lipinski definition) is 2. The van der Waals surface area contributed by atoms with Crippen LogP contribution in [-0.2, 0) is 4.74 Å². The Hall–Kier alpha value is -1.62. The summed E-state index contributed by atoms with van der Waals surface area (Å²) in [4.78, 5) is 16.7. The van der Waals surface area contributed by atoms with E-state index in [1.165, 1.54) is 0 Å². The molecule has 5 heteroatoms. The third-order valence-electron chi connectivity index (χ3n) is 3.61. The normalized spacial score (nSPS) is 17.5. The Morgan fingerprint density at radius 3 is 2.90 bits per heavy atom. The van der Waals surface area contributed by atoms with Gasteiger partial charge in [-0.3, -0.25) is 4.79 Å². The van der Waals surface area contributed by atoms with Crippen molar-refractivity contribution >= 4 is 11.7 Å². The van der Waals surface area contributed by atoms with Crippen molar-refractivity contribution in [2.75, 3.05) is 25.1 Å². The molecular weight excluding hydrogens is 254 g/mol. The molecule has 1 saturated heterocycles. The van der Waals surface area contributed by atoms with Crippen molar-refractivity contribution in [1.82, 2.24) is 10.3 Å². The van der Waals surface area contributed by atoms with E-state index in [1.807, 2.05) is 6.07 Å². The Morgan fingerprint density at radius 2 is 2.20 bits per heavy atom. The molecule has 2 heterocycles. The Kier molecular flexibility index (Phi) is 4.95. The minimum Gasteiger partial charge on any atom is -0.381 e. The predicted molar refractivity (Wildman–Crippen MR) is 78.9 cm³/mol. The number of nitrogens with zero attached hydrogens (tertiary/aromatic N) is 1. The number of hydrogen-bond acceptors (Lipinski definition) is 4. The van der Waals surface area contributed by atoms with Crippen LogP contribution in [0.15, 0.2) is 18.3 Å². The fourth-order valence-corrected chi connectivity index (χ4v) is 2.26. The summed E-state index contributed by atoms with van der Waals surface area (Å²) in [6, 6.07) is 3.60. The van der Waals surface area contributed by atoms with Gasteiger partial charge < -0.3 is 15.4 Å². The van der Waals surface area contributed by atoms with Gasteiger partial charge in [-0.1, -0.05) is 6.92 Å². The number of nitrogens with one attached hydrogen (secondary N) is 2. The van der Waals surface area contributed by atoms with Gasteiger partial charge in [0.1, 0.15) is 5.82 Å². The molecule has 0 atom stereocenters. The van der Waals surface area contributed by atoms with Gasteiger partial charge in [0, 0.05) is 31.5 Å². The standard InChI is InChI=1S/C15H23N3O2/c1-3-8-16-13-12(5-4-9-17-13)14(19)18-15(2)6-10-20-11-7-15/h4-5,9H,3,6-8,10-11H2,1-2H3,(H,16,17)(H,18,19). The Labute approximate surface area is 120 Å². The Balaban J connectivity index is 2.08. The van der Waals surface area contributed by atoms with Gasteiger partial charge in [0.25, 0.3) is 5.91 Å². The molecule has 0 spiro atoms. The molecule has 1 aliphatic rings. The van der Waals surface area contributed by atoms with Gasteiger partial charge in [0.15, 0.2) is 0 Å². The lowest BCUT2D eigenvalue weighted by Gasteiger charge is -2.34. The quantitative estimate of drug-likeness (QED) is 0.866. The highest BCUT2D eigenvalue weighted by Gasteiger charge is 2.30. The molecule has 1 aromatic rings. The lowest BCUT2D eigenvalue weighted by molar-refractivity contribution is 0.0423. The second-order valence-corrected chi connectivity index (χ2v) is 5.45. The van der Waals surface area contributed by atoms with E-state index in [2.05, 4.69) is 29.5 Å². The lowest BCUT2D eigenvalue weighted by atomic mass is 9.92. The summed E-state index contributed by atoms with van der Waals surface area (Å²) in [5, 5.41) is 6.33. The smallest absolute Gasteiger partial charge is 0.255 e. The van der Waals surface area contributed by atoms with Gasteiger partial charge in [-0.2, -0.15) is 0 Å². The maximum atomic E-state index is 12.5. The molecule has 1 aliphatic heterocycles. The van der Waals surface area contributed by atoms with Gasteiger partial charge in [0.05, 0.1) is 5.56 Å². The van der Waals surface area contributed by atoms with Crippen molar-refractivity contribution in [3.63, 3.8) is 0 Å². The van der Waals surface area contributed by atoms with E-state index in [9.17, 15) is 4.79 Å². The summed E-state index contributed by atoms with van der Waals surface area (Å²) < 4.78 is 5.35. The fourth-order valence-electron chi connectivity index (χ4n) is 2.26. The Morgan fingerprint density at radius 1 is 1.45 bits per heavy atom. The molecule has 0 radical (unpaired) electrons. The first-order valence-corrected chi connectivity index (χ1v) is 7.24. The summed E-state index contributed by atoms with van der Waals surface area (Å²) in [6.07, 6.45) is 4.38. The van der Waals surface area contributed by atoms with Gasteiger partial charge in [-0.25, -0.2) is 4.98 Å². The van der Waals surface area contributed by atoms with E-state index in [1.54, 1.807) is 12.3 Å². The van der Waals surface area contributed by atoms with E-state index < -0.39 is 0 Å². The predicted octanol–water partition coefficient (Wildman–Crippen LogP) is 2.20. The number of carbonyl (C=O) groups is 1. The first-order valence-electron chi connectivity index (χ1n) is 7.24. The molecule has 2 N–H and O–H groups in total. The molecule has 0 aliphatic carbocycles. The van der Waals surface area contributed by atoms with Crippen molar-refractivity contribution in [1.29, 1.82) is 0 Å². The summed E-state index contributed by atoms with van der Waals surface area (Å²) in [7, 11) is 0. The van der Waals surface area contributed by atoms with Crippen LogP contribution in [0.4, 0.5) is 5.82 Å². The molecule has 0 saturated carbocycles. The molecule has 5 nitrogen and oxygen atoms in total. The average molecular weight is 277 g/mol. The van der Waals surface area contributed by atoms with Crippen LogP contribution < -0.4 is 10.6 Å². The molecule has 0 bridgehead atoms. The van der Waals surface area contributed by atoms with Crippen LogP contribution >= 0.6 is 0 Å². The number of aromatic nitrogens is 1. The molecular formula is C15H23N3O2. The first kappa shape index (κ1) is 14.8. The van der Waals surface area contributed by atoms with Crippen molar-refractivity contribution < 1.29 is 9.53 Å².